The van der Waals surface area contributed by atoms with E-state index in [4.69, 9.17) is 16.3 Å². The lowest BCUT2D eigenvalue weighted by Gasteiger charge is -2.23. The summed E-state index contributed by atoms with van der Waals surface area (Å²) in [6.45, 7) is 3.67. The van der Waals surface area contributed by atoms with Gasteiger partial charge in [0.05, 0.1) is 17.6 Å². The molecule has 124 valence electrons. The van der Waals surface area contributed by atoms with Crippen molar-refractivity contribution in [2.75, 3.05) is 19.7 Å². The smallest absolute Gasteiger partial charge is 0.329 e. The molecule has 1 aromatic carbocycles. The number of hydrogen-bond donors (Lipinski definition) is 1. The van der Waals surface area contributed by atoms with Crippen molar-refractivity contribution in [1.82, 2.24) is 14.5 Å². The zero-order chi connectivity index (χ0) is 16.4. The van der Waals surface area contributed by atoms with Crippen molar-refractivity contribution in [1.29, 1.82) is 0 Å². The molecule has 1 aliphatic rings. The maximum absolute atomic E-state index is 12.9. The summed E-state index contributed by atoms with van der Waals surface area (Å²) in [5.41, 5.74) is 1.60. The lowest BCUT2D eigenvalue weighted by Crippen LogP contribution is -2.35. The Morgan fingerprint density at radius 2 is 2.09 bits per heavy atom. The summed E-state index contributed by atoms with van der Waals surface area (Å²) in [6.07, 6.45) is 1.84. The molecule has 1 saturated heterocycles. The molecule has 0 unspecified atom stereocenters. The van der Waals surface area contributed by atoms with Gasteiger partial charge in [0, 0.05) is 18.0 Å². The molecule has 1 fully saturated rings. The highest BCUT2D eigenvalue weighted by Gasteiger charge is 2.22. The van der Waals surface area contributed by atoms with E-state index in [1.54, 1.807) is 16.7 Å². The minimum absolute atomic E-state index is 0.0682. The first-order valence-corrected chi connectivity index (χ1v) is 8.20. The Morgan fingerprint density at radius 1 is 1.35 bits per heavy atom. The summed E-state index contributed by atoms with van der Waals surface area (Å²) in [5.74, 6) is -0.349. The molecule has 1 N–H and O–H groups in total. The van der Waals surface area contributed by atoms with Crippen LogP contribution in [0.5, 0.6) is 0 Å². The van der Waals surface area contributed by atoms with Crippen LogP contribution in [0.25, 0.3) is 11.0 Å². The minimum Gasteiger partial charge on any atom is -0.464 e. The van der Waals surface area contributed by atoms with Gasteiger partial charge in [-0.05, 0) is 44.1 Å². The average Bonchev–Trinajstić information content (AvgIpc) is 2.80. The van der Waals surface area contributed by atoms with Crippen molar-refractivity contribution in [3.8, 4) is 0 Å². The molecule has 2 heterocycles. The maximum atomic E-state index is 12.9. The van der Waals surface area contributed by atoms with Crippen LogP contribution in [0, 0.1) is 0 Å². The van der Waals surface area contributed by atoms with Gasteiger partial charge in [0.25, 0.3) is 0 Å². The van der Waals surface area contributed by atoms with Gasteiger partial charge in [0.15, 0.2) is 0 Å². The van der Waals surface area contributed by atoms with Gasteiger partial charge < -0.3 is 10.1 Å². The number of halogens is 1. The fourth-order valence-corrected chi connectivity index (χ4v) is 3.33. The Labute approximate surface area is 139 Å². The summed E-state index contributed by atoms with van der Waals surface area (Å²) in [4.78, 5) is 23.8. The topological polar surface area (TPSA) is 65.3 Å². The fourth-order valence-electron chi connectivity index (χ4n) is 3.17. The van der Waals surface area contributed by atoms with Crippen LogP contribution in [-0.2, 0) is 16.1 Å². The molecule has 0 atom stereocenters. The van der Waals surface area contributed by atoms with Crippen molar-refractivity contribution in [2.45, 2.75) is 32.4 Å². The highest BCUT2D eigenvalue weighted by molar-refractivity contribution is 6.31. The van der Waals surface area contributed by atoms with Crippen LogP contribution in [0.15, 0.2) is 23.0 Å². The van der Waals surface area contributed by atoms with Crippen molar-refractivity contribution < 1.29 is 9.53 Å². The number of nitrogens with one attached hydrogen (secondary N) is 1. The summed E-state index contributed by atoms with van der Waals surface area (Å²) in [6, 6.07) is 5.67. The highest BCUT2D eigenvalue weighted by atomic mass is 35.5. The summed E-state index contributed by atoms with van der Waals surface area (Å²) >= 11 is 6.10. The molecule has 0 saturated carbocycles. The van der Waals surface area contributed by atoms with Crippen LogP contribution in [0.4, 0.5) is 0 Å². The van der Waals surface area contributed by atoms with Crippen molar-refractivity contribution >= 4 is 28.6 Å². The van der Waals surface area contributed by atoms with Crippen LogP contribution in [0.2, 0.25) is 5.02 Å². The number of imidazole rings is 1. The SMILES string of the molecule is CC(=O)OCCn1c(=O)n(C2CCNCC2)c2ccc(Cl)cc21. The Bertz CT molecular complexity index is 775. The second-order valence-electron chi connectivity index (χ2n) is 5.76. The second-order valence-corrected chi connectivity index (χ2v) is 6.19. The Kier molecular flexibility index (Phi) is 4.73. The average molecular weight is 338 g/mol. The Morgan fingerprint density at radius 3 is 2.78 bits per heavy atom. The quantitative estimate of drug-likeness (QED) is 0.866. The monoisotopic (exact) mass is 337 g/mol. The number of esters is 1. The second kappa shape index (κ2) is 6.76. The number of carbonyl (C=O) groups is 1. The molecular weight excluding hydrogens is 318 g/mol. The number of rotatable bonds is 4. The molecule has 0 aliphatic carbocycles. The van der Waals surface area contributed by atoms with Crippen molar-refractivity contribution in [2.24, 2.45) is 0 Å². The predicted octanol–water partition coefficient (Wildman–Crippen LogP) is 1.94. The molecule has 2 aromatic rings. The highest BCUT2D eigenvalue weighted by Crippen LogP contribution is 2.25. The van der Waals surface area contributed by atoms with Gasteiger partial charge in [-0.3, -0.25) is 13.9 Å². The molecule has 7 heteroatoms. The van der Waals surface area contributed by atoms with E-state index < -0.39 is 0 Å². The first-order chi connectivity index (χ1) is 11.1. The molecular formula is C16H20ClN3O3. The van der Waals surface area contributed by atoms with Crippen LogP contribution in [-0.4, -0.2) is 34.8 Å². The van der Waals surface area contributed by atoms with Gasteiger partial charge in [-0.1, -0.05) is 11.6 Å². The first-order valence-electron chi connectivity index (χ1n) is 7.82. The van der Waals surface area contributed by atoms with E-state index in [1.165, 1.54) is 6.92 Å². The van der Waals surface area contributed by atoms with Crippen LogP contribution in [0.1, 0.15) is 25.8 Å². The number of benzene rings is 1. The van der Waals surface area contributed by atoms with Gasteiger partial charge >= 0.3 is 11.7 Å². The van der Waals surface area contributed by atoms with Crippen LogP contribution in [0.3, 0.4) is 0 Å². The van der Waals surface area contributed by atoms with Crippen molar-refractivity contribution in [3.63, 3.8) is 0 Å². The third-order valence-corrected chi connectivity index (χ3v) is 4.45. The first kappa shape index (κ1) is 16.1. The largest absolute Gasteiger partial charge is 0.464 e. The summed E-state index contributed by atoms with van der Waals surface area (Å²) in [7, 11) is 0. The molecule has 23 heavy (non-hydrogen) atoms. The van der Waals surface area contributed by atoms with Crippen LogP contribution < -0.4 is 11.0 Å². The van der Waals surface area contributed by atoms with Crippen molar-refractivity contribution in [3.05, 3.63) is 33.7 Å². The fraction of sp³-hybridized carbons (Fsp3) is 0.500. The predicted molar refractivity (Wildman–Crippen MR) is 89.0 cm³/mol. The molecule has 0 radical (unpaired) electrons. The zero-order valence-corrected chi connectivity index (χ0v) is 13.8. The number of nitrogens with zero attached hydrogens (tertiary/aromatic N) is 2. The normalized spacial score (nSPS) is 15.9. The third kappa shape index (κ3) is 3.28. The van der Waals surface area contributed by atoms with E-state index in [0.29, 0.717) is 11.6 Å². The van der Waals surface area contributed by atoms with Gasteiger partial charge in [-0.25, -0.2) is 4.79 Å². The number of fused-ring (bicyclic) bond motifs is 1. The summed E-state index contributed by atoms with van der Waals surface area (Å²) in [5, 5.41) is 3.90. The maximum Gasteiger partial charge on any atom is 0.329 e. The number of aromatic nitrogens is 2. The van der Waals surface area contributed by atoms with E-state index in [2.05, 4.69) is 5.32 Å². The van der Waals surface area contributed by atoms with E-state index in [0.717, 1.165) is 37.0 Å². The van der Waals surface area contributed by atoms with Crippen LogP contribution >= 0.6 is 11.6 Å². The molecule has 6 nitrogen and oxygen atoms in total. The van der Waals surface area contributed by atoms with Gasteiger partial charge in [0.1, 0.15) is 6.61 Å². The summed E-state index contributed by atoms with van der Waals surface area (Å²) < 4.78 is 8.49. The molecule has 1 aliphatic heterocycles. The number of piperidine rings is 1. The molecule has 0 amide bonds. The molecule has 1 aromatic heterocycles. The molecule has 0 bridgehead atoms. The van der Waals surface area contributed by atoms with E-state index in [1.807, 2.05) is 10.6 Å². The number of ether oxygens (including phenoxy) is 1. The minimum atomic E-state index is -0.349. The number of carbonyl (C=O) groups excluding carboxylic acids is 1. The lowest BCUT2D eigenvalue weighted by molar-refractivity contribution is -0.141. The lowest BCUT2D eigenvalue weighted by atomic mass is 10.1. The zero-order valence-electron chi connectivity index (χ0n) is 13.0. The number of hydrogen-bond acceptors (Lipinski definition) is 4. The van der Waals surface area contributed by atoms with E-state index >= 15 is 0 Å². The molecule has 3 rings (SSSR count). The Balaban J connectivity index is 2.03. The molecule has 0 spiro atoms. The van der Waals surface area contributed by atoms with E-state index in [9.17, 15) is 9.59 Å². The van der Waals surface area contributed by atoms with Gasteiger partial charge in [0.2, 0.25) is 0 Å². The standard InChI is InChI=1S/C16H20ClN3O3/c1-11(21)23-9-8-19-15-10-12(17)2-3-14(15)20(16(19)22)13-4-6-18-7-5-13/h2-3,10,13,18H,4-9H2,1H3. The third-order valence-electron chi connectivity index (χ3n) is 4.22. The van der Waals surface area contributed by atoms with E-state index in [-0.39, 0.29) is 24.3 Å². The Hall–Kier alpha value is -1.79. The van der Waals surface area contributed by atoms with Gasteiger partial charge in [-0.2, -0.15) is 0 Å². The van der Waals surface area contributed by atoms with Gasteiger partial charge in [-0.15, -0.1) is 0 Å².